The molecule has 0 aliphatic heterocycles. The summed E-state index contributed by atoms with van der Waals surface area (Å²) in [7, 11) is -1.67. The minimum Gasteiger partial charge on any atom is -0.0791 e. The summed E-state index contributed by atoms with van der Waals surface area (Å²) >= 11 is 0. The van der Waals surface area contributed by atoms with E-state index in [9.17, 15) is 0 Å². The van der Waals surface area contributed by atoms with Crippen molar-refractivity contribution in [2.24, 2.45) is 0 Å². The molecule has 0 amide bonds. The maximum absolute atomic E-state index is 2.60. The molecule has 0 saturated heterocycles. The second-order valence-corrected chi connectivity index (χ2v) is 14.6. The molecule has 2 atom stereocenters. The second kappa shape index (κ2) is 6.68. The molecule has 0 radical (unpaired) electrons. The largest absolute Gasteiger partial charge is 0.0791 e. The number of hydrogen-bond acceptors (Lipinski definition) is 0. The van der Waals surface area contributed by atoms with Gasteiger partial charge in [0.25, 0.3) is 0 Å². The van der Waals surface area contributed by atoms with Crippen molar-refractivity contribution in [1.29, 1.82) is 0 Å². The first-order valence-corrected chi connectivity index (χ1v) is 14.5. The molecule has 0 fully saturated rings. The third kappa shape index (κ3) is 2.58. The molecular weight excluding hydrogens is 376 g/mol. The fourth-order valence-corrected chi connectivity index (χ4v) is 9.87. The Kier molecular flexibility index (Phi) is 4.04. The van der Waals surface area contributed by atoms with Gasteiger partial charge in [-0.1, -0.05) is 98.1 Å². The fourth-order valence-electron chi connectivity index (χ4n) is 6.19. The summed E-state index contributed by atoms with van der Waals surface area (Å²) in [5.41, 5.74) is 13.3. The maximum atomic E-state index is 2.60. The van der Waals surface area contributed by atoms with Crippen molar-refractivity contribution >= 4 is 20.2 Å². The van der Waals surface area contributed by atoms with Crippen molar-refractivity contribution in [3.05, 3.63) is 106 Å². The van der Waals surface area contributed by atoms with Crippen LogP contribution in [0.15, 0.2) is 72.8 Å². The van der Waals surface area contributed by atoms with Crippen molar-refractivity contribution in [1.82, 2.24) is 0 Å². The molecular formula is C29H28Si. The number of hydrogen-bond donors (Lipinski definition) is 0. The van der Waals surface area contributed by atoms with Crippen molar-refractivity contribution in [3.63, 3.8) is 0 Å². The highest BCUT2D eigenvalue weighted by Crippen LogP contribution is 2.50. The van der Waals surface area contributed by atoms with E-state index in [4.69, 9.17) is 0 Å². The average Bonchev–Trinajstić information content (AvgIpc) is 3.50. The summed E-state index contributed by atoms with van der Waals surface area (Å²) in [5.74, 6) is 0. The highest BCUT2D eigenvalue weighted by molar-refractivity contribution is 6.81. The van der Waals surface area contributed by atoms with Crippen LogP contribution < -0.4 is 0 Å². The van der Waals surface area contributed by atoms with Crippen LogP contribution in [-0.2, 0) is 12.8 Å². The van der Waals surface area contributed by atoms with Gasteiger partial charge in [-0.05, 0) is 74.9 Å². The lowest BCUT2D eigenvalue weighted by molar-refractivity contribution is 0.911. The van der Waals surface area contributed by atoms with E-state index in [1.54, 1.807) is 22.3 Å². The standard InChI is InChI=1S/C29H28Si/c1-30(2,27-17-15-20-9-6-7-13-23(20)27)28-18-16-25-26(28)19-22-12-8-14-24(22)29(25)21-10-4-3-5-11-21/h3-7,9-11,13,15-19,27-28H,8,12,14H2,1-2H3. The van der Waals surface area contributed by atoms with Crippen LogP contribution in [0.25, 0.3) is 23.3 Å². The molecule has 0 bridgehead atoms. The van der Waals surface area contributed by atoms with Gasteiger partial charge in [-0.2, -0.15) is 0 Å². The normalized spacial score (nSPS) is 21.0. The Morgan fingerprint density at radius 2 is 1.50 bits per heavy atom. The highest BCUT2D eigenvalue weighted by atomic mass is 28.3. The molecule has 148 valence electrons. The number of aryl methyl sites for hydroxylation is 1. The van der Waals surface area contributed by atoms with Crippen LogP contribution in [0.3, 0.4) is 0 Å². The summed E-state index contributed by atoms with van der Waals surface area (Å²) in [4.78, 5) is 0. The van der Waals surface area contributed by atoms with Crippen LogP contribution in [-0.4, -0.2) is 8.07 Å². The SMILES string of the molecule is C[Si](C)(C1C=Cc2ccccc21)C1C=Cc2c1cc1c(c2-c2ccccc2)CCC1. The first-order valence-electron chi connectivity index (χ1n) is 11.3. The van der Waals surface area contributed by atoms with E-state index in [1.165, 1.54) is 41.5 Å². The van der Waals surface area contributed by atoms with Crippen molar-refractivity contribution < 1.29 is 0 Å². The van der Waals surface area contributed by atoms with E-state index in [1.807, 2.05) is 0 Å². The van der Waals surface area contributed by atoms with Gasteiger partial charge < -0.3 is 0 Å². The van der Waals surface area contributed by atoms with Crippen LogP contribution in [0.1, 0.15) is 50.9 Å². The molecule has 3 aromatic carbocycles. The number of rotatable bonds is 3. The highest BCUT2D eigenvalue weighted by Gasteiger charge is 2.43. The Labute approximate surface area is 181 Å². The van der Waals surface area contributed by atoms with Gasteiger partial charge in [0, 0.05) is 0 Å². The summed E-state index contributed by atoms with van der Waals surface area (Å²) < 4.78 is 0. The van der Waals surface area contributed by atoms with Crippen LogP contribution >= 0.6 is 0 Å². The third-order valence-corrected chi connectivity index (χ3v) is 11.9. The summed E-state index contributed by atoms with van der Waals surface area (Å²) in [6, 6.07) is 22.7. The van der Waals surface area contributed by atoms with Gasteiger partial charge in [-0.15, -0.1) is 0 Å². The smallest absolute Gasteiger partial charge is 0.0715 e. The van der Waals surface area contributed by atoms with Gasteiger partial charge in [0.1, 0.15) is 0 Å². The lowest BCUT2D eigenvalue weighted by Crippen LogP contribution is -2.40. The number of fused-ring (bicyclic) bond motifs is 3. The Bertz CT molecular complexity index is 1200. The number of allylic oxidation sites excluding steroid dienone is 2. The van der Waals surface area contributed by atoms with Crippen molar-refractivity contribution in [2.45, 2.75) is 43.4 Å². The van der Waals surface area contributed by atoms with Gasteiger partial charge in [-0.25, -0.2) is 0 Å². The fraction of sp³-hybridized carbons (Fsp3) is 0.241. The van der Waals surface area contributed by atoms with Gasteiger partial charge >= 0.3 is 0 Å². The Hall–Kier alpha value is -2.64. The molecule has 0 spiro atoms. The van der Waals surface area contributed by atoms with Crippen LogP contribution in [0.4, 0.5) is 0 Å². The first-order chi connectivity index (χ1) is 14.6. The van der Waals surface area contributed by atoms with E-state index in [0.29, 0.717) is 11.1 Å². The minimum absolute atomic E-state index is 0.571. The Morgan fingerprint density at radius 3 is 2.37 bits per heavy atom. The van der Waals surface area contributed by atoms with E-state index >= 15 is 0 Å². The lowest BCUT2D eigenvalue weighted by atomic mass is 9.89. The van der Waals surface area contributed by atoms with Gasteiger partial charge in [0.05, 0.1) is 8.07 Å². The Morgan fingerprint density at radius 1 is 0.767 bits per heavy atom. The molecule has 30 heavy (non-hydrogen) atoms. The van der Waals surface area contributed by atoms with Crippen molar-refractivity contribution in [3.8, 4) is 11.1 Å². The molecule has 0 heterocycles. The third-order valence-electron chi connectivity index (χ3n) is 7.73. The van der Waals surface area contributed by atoms with Gasteiger partial charge in [0.15, 0.2) is 0 Å². The quantitative estimate of drug-likeness (QED) is 0.395. The molecule has 0 saturated carbocycles. The maximum Gasteiger partial charge on any atom is 0.0715 e. The minimum atomic E-state index is -1.67. The molecule has 3 aliphatic carbocycles. The molecule has 3 aliphatic rings. The monoisotopic (exact) mass is 404 g/mol. The molecule has 2 unspecified atom stereocenters. The number of benzene rings is 3. The van der Waals surface area contributed by atoms with Crippen LogP contribution in [0.5, 0.6) is 0 Å². The Balaban J connectivity index is 1.49. The van der Waals surface area contributed by atoms with Crippen LogP contribution in [0.2, 0.25) is 13.1 Å². The van der Waals surface area contributed by atoms with Crippen molar-refractivity contribution in [2.75, 3.05) is 0 Å². The van der Waals surface area contributed by atoms with E-state index < -0.39 is 8.07 Å². The molecule has 3 aromatic rings. The van der Waals surface area contributed by atoms with E-state index in [-0.39, 0.29) is 0 Å². The lowest BCUT2D eigenvalue weighted by Gasteiger charge is -2.36. The summed E-state index contributed by atoms with van der Waals surface area (Å²) in [6.45, 7) is 5.20. The van der Waals surface area contributed by atoms with Gasteiger partial charge in [-0.3, -0.25) is 0 Å². The van der Waals surface area contributed by atoms with E-state index in [0.717, 1.165) is 0 Å². The zero-order chi connectivity index (χ0) is 20.3. The predicted octanol–water partition coefficient (Wildman–Crippen LogP) is 7.55. The first kappa shape index (κ1) is 18.2. The van der Waals surface area contributed by atoms with E-state index in [2.05, 4.69) is 98.1 Å². The topological polar surface area (TPSA) is 0 Å². The summed E-state index contributed by atoms with van der Waals surface area (Å²) in [6.07, 6.45) is 13.6. The molecule has 0 nitrogen and oxygen atoms in total. The molecule has 0 N–H and O–H groups in total. The molecule has 6 rings (SSSR count). The van der Waals surface area contributed by atoms with Gasteiger partial charge in [0.2, 0.25) is 0 Å². The zero-order valence-electron chi connectivity index (χ0n) is 17.9. The predicted molar refractivity (Wildman–Crippen MR) is 131 cm³/mol. The summed E-state index contributed by atoms with van der Waals surface area (Å²) in [5, 5.41) is 0. The van der Waals surface area contributed by atoms with Crippen LogP contribution in [0, 0.1) is 0 Å². The second-order valence-electron chi connectivity index (χ2n) is 9.74. The average molecular weight is 405 g/mol. The zero-order valence-corrected chi connectivity index (χ0v) is 18.9. The molecule has 1 heteroatoms. The molecule has 0 aromatic heterocycles.